The smallest absolute Gasteiger partial charge is 0.136 e. The normalized spacial score (nSPS) is 12.3. The van der Waals surface area contributed by atoms with Gasteiger partial charge in [0.2, 0.25) is 0 Å². The largest absolute Gasteiger partial charge is 0.456 e. The summed E-state index contributed by atoms with van der Waals surface area (Å²) in [4.78, 5) is 0. The summed E-state index contributed by atoms with van der Waals surface area (Å²) in [5.74, 6) is 3.41. The first-order valence-corrected chi connectivity index (χ1v) is 13.1. The first-order chi connectivity index (χ1) is 19.3. The van der Waals surface area contributed by atoms with Gasteiger partial charge in [0.25, 0.3) is 0 Å². The molecule has 0 spiro atoms. The molecule has 0 N–H and O–H groups in total. The summed E-state index contributed by atoms with van der Waals surface area (Å²) < 4.78 is 19.1. The zero-order valence-electron chi connectivity index (χ0n) is 20.8. The third kappa shape index (κ3) is 2.93. The van der Waals surface area contributed by atoms with Gasteiger partial charge in [0.15, 0.2) is 0 Å². The van der Waals surface area contributed by atoms with Gasteiger partial charge in [-0.3, -0.25) is 0 Å². The van der Waals surface area contributed by atoms with Crippen LogP contribution < -0.4 is 4.74 Å². The molecule has 3 nitrogen and oxygen atoms in total. The molecule has 39 heavy (non-hydrogen) atoms. The summed E-state index contributed by atoms with van der Waals surface area (Å²) in [6.07, 6.45) is 0. The van der Waals surface area contributed by atoms with E-state index in [1.54, 1.807) is 0 Å². The Balaban J connectivity index is 1.26. The first kappa shape index (κ1) is 20.7. The minimum Gasteiger partial charge on any atom is -0.456 e. The molecule has 0 atom stereocenters. The molecule has 0 aliphatic carbocycles. The van der Waals surface area contributed by atoms with Gasteiger partial charge in [-0.25, -0.2) is 0 Å². The second-order valence-corrected chi connectivity index (χ2v) is 10.1. The minimum atomic E-state index is 0.817. The van der Waals surface area contributed by atoms with E-state index in [2.05, 4.69) is 84.9 Å². The lowest BCUT2D eigenvalue weighted by atomic mass is 9.92. The predicted octanol–water partition coefficient (Wildman–Crippen LogP) is 10.6. The van der Waals surface area contributed by atoms with Crippen molar-refractivity contribution in [1.29, 1.82) is 0 Å². The van der Waals surface area contributed by atoms with Crippen molar-refractivity contribution < 1.29 is 13.6 Å². The SMILES string of the molecule is c1ccc2c(c1)Oc1cccc3cc(-c4ccc(-c5cccc6oc7ccc8ccccc8c7c56)o4)cc-2c13. The molecule has 0 amide bonds. The maximum absolute atomic E-state index is 6.61. The van der Waals surface area contributed by atoms with E-state index in [1.165, 1.54) is 10.8 Å². The third-order valence-corrected chi connectivity index (χ3v) is 7.88. The molecule has 3 heteroatoms. The summed E-state index contributed by atoms with van der Waals surface area (Å²) in [6.45, 7) is 0. The molecule has 0 radical (unpaired) electrons. The Kier molecular flexibility index (Phi) is 4.05. The van der Waals surface area contributed by atoms with Gasteiger partial charge in [0, 0.05) is 32.8 Å². The van der Waals surface area contributed by atoms with Crippen LogP contribution in [0.25, 0.3) is 77.3 Å². The minimum absolute atomic E-state index is 0.817. The average molecular weight is 501 g/mol. The highest BCUT2D eigenvalue weighted by Gasteiger charge is 2.22. The van der Waals surface area contributed by atoms with Crippen molar-refractivity contribution in [3.8, 4) is 45.3 Å². The van der Waals surface area contributed by atoms with E-state index < -0.39 is 0 Å². The van der Waals surface area contributed by atoms with Crippen molar-refractivity contribution >= 4 is 43.5 Å². The Labute approximate surface area is 223 Å². The Hall–Kier alpha value is -5.28. The Morgan fingerprint density at radius 3 is 2.18 bits per heavy atom. The number of hydrogen-bond acceptors (Lipinski definition) is 3. The number of ether oxygens (including phenoxy) is 1. The van der Waals surface area contributed by atoms with Gasteiger partial charge in [-0.05, 0) is 70.3 Å². The molecule has 0 unspecified atom stereocenters. The van der Waals surface area contributed by atoms with Crippen LogP contribution in [-0.2, 0) is 0 Å². The van der Waals surface area contributed by atoms with Crippen molar-refractivity contribution in [2.45, 2.75) is 0 Å². The van der Waals surface area contributed by atoms with E-state index in [1.807, 2.05) is 36.4 Å². The summed E-state index contributed by atoms with van der Waals surface area (Å²) in [7, 11) is 0. The van der Waals surface area contributed by atoms with Gasteiger partial charge in [-0.1, -0.05) is 72.8 Å². The maximum atomic E-state index is 6.61. The lowest BCUT2D eigenvalue weighted by Crippen LogP contribution is -1.97. The van der Waals surface area contributed by atoms with Crippen molar-refractivity contribution in [3.63, 3.8) is 0 Å². The van der Waals surface area contributed by atoms with Gasteiger partial charge < -0.3 is 13.6 Å². The lowest BCUT2D eigenvalue weighted by molar-refractivity contribution is 0.487. The number of furan rings is 2. The standard InChI is InChI=1S/C36H20O3/c1-2-9-24-21(7-1)15-16-33-35(24)36-26(11-6-14-32(36)39-33)30-18-17-28(37-30)23-19-22-8-5-13-31-34(22)27(20-23)25-10-3-4-12-29(25)38-31/h1-20H. The van der Waals surface area contributed by atoms with Gasteiger partial charge in [-0.2, -0.15) is 0 Å². The number of hydrogen-bond donors (Lipinski definition) is 0. The highest BCUT2D eigenvalue weighted by molar-refractivity contribution is 6.22. The van der Waals surface area contributed by atoms with Crippen LogP contribution in [0, 0.1) is 0 Å². The van der Waals surface area contributed by atoms with Crippen LogP contribution in [0.2, 0.25) is 0 Å². The van der Waals surface area contributed by atoms with Crippen LogP contribution in [0.3, 0.4) is 0 Å². The summed E-state index contributed by atoms with van der Waals surface area (Å²) in [6, 6.07) is 41.8. The molecule has 0 bridgehead atoms. The van der Waals surface area contributed by atoms with E-state index in [-0.39, 0.29) is 0 Å². The van der Waals surface area contributed by atoms with Crippen LogP contribution >= 0.6 is 0 Å². The second-order valence-electron chi connectivity index (χ2n) is 10.1. The van der Waals surface area contributed by atoms with Gasteiger partial charge in [0.05, 0.1) is 0 Å². The molecule has 0 fully saturated rings. The van der Waals surface area contributed by atoms with Crippen molar-refractivity contribution in [2.24, 2.45) is 0 Å². The first-order valence-electron chi connectivity index (χ1n) is 13.1. The van der Waals surface area contributed by atoms with Gasteiger partial charge in [0.1, 0.15) is 34.2 Å². The fourth-order valence-corrected chi connectivity index (χ4v) is 6.16. The van der Waals surface area contributed by atoms with E-state index in [0.717, 1.165) is 78.0 Å². The number of para-hydroxylation sites is 1. The van der Waals surface area contributed by atoms with Crippen LogP contribution in [0.1, 0.15) is 0 Å². The molecule has 2 aromatic heterocycles. The molecule has 0 saturated heterocycles. The zero-order chi connectivity index (χ0) is 25.5. The van der Waals surface area contributed by atoms with E-state index in [4.69, 9.17) is 13.6 Å². The summed E-state index contributed by atoms with van der Waals surface area (Å²) in [5.41, 5.74) is 6.05. The van der Waals surface area contributed by atoms with Crippen LogP contribution in [0.15, 0.2) is 130 Å². The summed E-state index contributed by atoms with van der Waals surface area (Å²) >= 11 is 0. The van der Waals surface area contributed by atoms with E-state index in [0.29, 0.717) is 0 Å². The molecule has 0 saturated carbocycles. The molecule has 1 aliphatic heterocycles. The Morgan fingerprint density at radius 1 is 0.410 bits per heavy atom. The quantitative estimate of drug-likeness (QED) is 0.237. The monoisotopic (exact) mass is 500 g/mol. The average Bonchev–Trinajstić information content (AvgIpc) is 3.63. The zero-order valence-corrected chi connectivity index (χ0v) is 20.8. The highest BCUT2D eigenvalue weighted by Crippen LogP contribution is 2.48. The van der Waals surface area contributed by atoms with Crippen LogP contribution in [0.4, 0.5) is 0 Å². The van der Waals surface area contributed by atoms with Crippen LogP contribution in [0.5, 0.6) is 11.5 Å². The maximum Gasteiger partial charge on any atom is 0.136 e. The number of benzene rings is 6. The Bertz CT molecular complexity index is 2260. The fraction of sp³-hybridized carbons (Fsp3) is 0. The van der Waals surface area contributed by atoms with Crippen molar-refractivity contribution in [1.82, 2.24) is 0 Å². The molecule has 182 valence electrons. The van der Waals surface area contributed by atoms with Crippen LogP contribution in [-0.4, -0.2) is 0 Å². The molecule has 1 aliphatic rings. The fourth-order valence-electron chi connectivity index (χ4n) is 6.16. The van der Waals surface area contributed by atoms with E-state index >= 15 is 0 Å². The van der Waals surface area contributed by atoms with Gasteiger partial charge in [-0.15, -0.1) is 0 Å². The highest BCUT2D eigenvalue weighted by atomic mass is 16.5. The molecule has 3 heterocycles. The Morgan fingerprint density at radius 2 is 1.18 bits per heavy atom. The lowest BCUT2D eigenvalue weighted by Gasteiger charge is -2.21. The van der Waals surface area contributed by atoms with Crippen molar-refractivity contribution in [2.75, 3.05) is 0 Å². The third-order valence-electron chi connectivity index (χ3n) is 7.88. The molecule has 9 rings (SSSR count). The number of fused-ring (bicyclic) bond motifs is 7. The molecule has 6 aromatic carbocycles. The second kappa shape index (κ2) is 7.62. The van der Waals surface area contributed by atoms with E-state index in [9.17, 15) is 0 Å². The summed E-state index contributed by atoms with van der Waals surface area (Å²) in [5, 5.41) is 6.83. The predicted molar refractivity (Wildman–Crippen MR) is 157 cm³/mol. The molecular weight excluding hydrogens is 480 g/mol. The molecular formula is C36H20O3. The molecule has 8 aromatic rings. The number of rotatable bonds is 2. The van der Waals surface area contributed by atoms with Gasteiger partial charge >= 0.3 is 0 Å². The topological polar surface area (TPSA) is 35.5 Å². The van der Waals surface area contributed by atoms with Crippen molar-refractivity contribution in [3.05, 3.63) is 121 Å².